The van der Waals surface area contributed by atoms with Crippen LogP contribution in [0.15, 0.2) is 85.1 Å². The molecule has 0 saturated carbocycles. The van der Waals surface area contributed by atoms with Gasteiger partial charge in [-0.2, -0.15) is 0 Å². The molecule has 0 radical (unpaired) electrons. The fraction of sp³-hybridized carbons (Fsp3) is 0.0870. The van der Waals surface area contributed by atoms with Crippen molar-refractivity contribution in [2.45, 2.75) is 13.3 Å². The Morgan fingerprint density at radius 3 is 2.25 bits per heavy atom. The normalized spacial score (nSPS) is 10.9. The first kappa shape index (κ1) is 14.6. The summed E-state index contributed by atoms with van der Waals surface area (Å²) in [4.78, 5) is 4.71. The summed E-state index contributed by atoms with van der Waals surface area (Å²) in [6, 6.07) is 27.7. The van der Waals surface area contributed by atoms with Crippen molar-refractivity contribution in [2.75, 3.05) is 0 Å². The Bertz CT molecular complexity index is 987. The summed E-state index contributed by atoms with van der Waals surface area (Å²) in [5.74, 6) is 0. The third kappa shape index (κ3) is 2.69. The van der Waals surface area contributed by atoms with Crippen molar-refractivity contribution in [1.29, 1.82) is 0 Å². The molecule has 0 spiro atoms. The Balaban J connectivity index is 1.82. The van der Waals surface area contributed by atoms with Gasteiger partial charge in [-0.15, -0.1) is 0 Å². The minimum atomic E-state index is 0.991. The molecule has 1 heterocycles. The van der Waals surface area contributed by atoms with E-state index < -0.39 is 0 Å². The maximum Gasteiger partial charge on any atom is 0.0705 e. The summed E-state index contributed by atoms with van der Waals surface area (Å²) in [5, 5.41) is 2.54. The number of hydrogen-bond donors (Lipinski definition) is 0. The van der Waals surface area contributed by atoms with E-state index in [0.29, 0.717) is 0 Å². The van der Waals surface area contributed by atoms with Gasteiger partial charge >= 0.3 is 0 Å². The third-order valence-electron chi connectivity index (χ3n) is 4.50. The van der Waals surface area contributed by atoms with Crippen molar-refractivity contribution >= 4 is 10.8 Å². The predicted molar refractivity (Wildman–Crippen MR) is 102 cm³/mol. The Hall–Kier alpha value is -2.93. The molecule has 0 saturated heterocycles. The largest absolute Gasteiger partial charge is 0.256 e. The second-order valence-corrected chi connectivity index (χ2v) is 6.01. The van der Waals surface area contributed by atoms with Gasteiger partial charge in [0.15, 0.2) is 0 Å². The molecule has 0 amide bonds. The van der Waals surface area contributed by atoms with Gasteiger partial charge in [-0.1, -0.05) is 73.7 Å². The molecule has 0 aliphatic rings. The van der Waals surface area contributed by atoms with Crippen LogP contribution in [0.1, 0.15) is 12.5 Å². The van der Waals surface area contributed by atoms with E-state index in [4.69, 9.17) is 4.98 Å². The van der Waals surface area contributed by atoms with Gasteiger partial charge in [0.25, 0.3) is 0 Å². The van der Waals surface area contributed by atoms with Crippen LogP contribution in [-0.4, -0.2) is 4.98 Å². The monoisotopic (exact) mass is 309 g/mol. The molecule has 0 bridgehead atoms. The van der Waals surface area contributed by atoms with Gasteiger partial charge in [-0.3, -0.25) is 4.98 Å². The lowest BCUT2D eigenvalue weighted by atomic mass is 9.96. The van der Waals surface area contributed by atoms with E-state index in [9.17, 15) is 0 Å². The van der Waals surface area contributed by atoms with Crippen LogP contribution in [0.5, 0.6) is 0 Å². The van der Waals surface area contributed by atoms with Crippen LogP contribution in [0.3, 0.4) is 0 Å². The smallest absolute Gasteiger partial charge is 0.0705 e. The molecule has 1 heteroatoms. The first-order valence-corrected chi connectivity index (χ1v) is 8.38. The van der Waals surface area contributed by atoms with Gasteiger partial charge in [-0.25, -0.2) is 0 Å². The highest BCUT2D eigenvalue weighted by molar-refractivity contribution is 5.87. The molecular formula is C23H19N. The molecule has 0 N–H and O–H groups in total. The summed E-state index contributed by atoms with van der Waals surface area (Å²) in [6.45, 7) is 2.20. The van der Waals surface area contributed by atoms with Crippen LogP contribution in [0, 0.1) is 0 Å². The van der Waals surface area contributed by atoms with Gasteiger partial charge in [0.05, 0.1) is 5.69 Å². The summed E-state index contributed by atoms with van der Waals surface area (Å²) < 4.78 is 0. The van der Waals surface area contributed by atoms with Gasteiger partial charge in [0, 0.05) is 17.3 Å². The van der Waals surface area contributed by atoms with Crippen LogP contribution in [-0.2, 0) is 6.42 Å². The van der Waals surface area contributed by atoms with E-state index in [1.165, 1.54) is 27.5 Å². The average Bonchev–Trinajstić information content (AvgIpc) is 2.68. The van der Waals surface area contributed by atoms with Crippen LogP contribution >= 0.6 is 0 Å². The van der Waals surface area contributed by atoms with Crippen molar-refractivity contribution in [2.24, 2.45) is 0 Å². The van der Waals surface area contributed by atoms with Crippen molar-refractivity contribution in [1.82, 2.24) is 4.98 Å². The fourth-order valence-corrected chi connectivity index (χ4v) is 3.17. The minimum absolute atomic E-state index is 0.991. The first-order valence-electron chi connectivity index (χ1n) is 8.38. The lowest BCUT2D eigenvalue weighted by Crippen LogP contribution is -1.93. The molecule has 0 aliphatic heterocycles. The molecule has 24 heavy (non-hydrogen) atoms. The Morgan fingerprint density at radius 2 is 1.46 bits per heavy atom. The van der Waals surface area contributed by atoms with Gasteiger partial charge < -0.3 is 0 Å². The zero-order valence-corrected chi connectivity index (χ0v) is 13.7. The van der Waals surface area contributed by atoms with E-state index in [-0.39, 0.29) is 0 Å². The lowest BCUT2D eigenvalue weighted by Gasteiger charge is -2.11. The quantitative estimate of drug-likeness (QED) is 0.443. The number of fused-ring (bicyclic) bond motifs is 1. The van der Waals surface area contributed by atoms with E-state index >= 15 is 0 Å². The average molecular weight is 309 g/mol. The molecule has 0 aliphatic carbocycles. The fourth-order valence-electron chi connectivity index (χ4n) is 3.17. The zero-order chi connectivity index (χ0) is 16.4. The van der Waals surface area contributed by atoms with E-state index in [1.807, 2.05) is 12.3 Å². The predicted octanol–water partition coefficient (Wildman–Crippen LogP) is 6.13. The van der Waals surface area contributed by atoms with E-state index in [1.54, 1.807) is 0 Å². The molecule has 3 aromatic carbocycles. The number of aromatic nitrogens is 1. The lowest BCUT2D eigenvalue weighted by molar-refractivity contribution is 1.12. The summed E-state index contributed by atoms with van der Waals surface area (Å²) in [5.41, 5.74) is 5.99. The van der Waals surface area contributed by atoms with Crippen LogP contribution < -0.4 is 0 Å². The van der Waals surface area contributed by atoms with Crippen molar-refractivity contribution in [3.8, 4) is 22.4 Å². The Labute approximate surface area is 142 Å². The second kappa shape index (κ2) is 6.29. The van der Waals surface area contributed by atoms with Gasteiger partial charge in [0.1, 0.15) is 0 Å². The van der Waals surface area contributed by atoms with Crippen LogP contribution in [0.4, 0.5) is 0 Å². The molecule has 4 aromatic rings. The number of pyridine rings is 1. The van der Waals surface area contributed by atoms with Crippen molar-refractivity contribution in [3.05, 3.63) is 90.6 Å². The highest BCUT2D eigenvalue weighted by atomic mass is 14.7. The standard InChI is InChI=1S/C23H19N/c1-2-17-15-23(19-9-4-3-5-10-19)24-16-22(17)21-13-12-18-8-6-7-11-20(18)14-21/h3-16H,2H2,1H3. The molecule has 1 nitrogen and oxygen atoms in total. The molecule has 0 atom stereocenters. The maximum absolute atomic E-state index is 4.71. The number of aryl methyl sites for hydroxylation is 1. The number of rotatable bonds is 3. The maximum atomic E-state index is 4.71. The number of hydrogen-bond acceptors (Lipinski definition) is 1. The molecule has 116 valence electrons. The molecule has 0 fully saturated rings. The molecule has 1 aromatic heterocycles. The van der Waals surface area contributed by atoms with Crippen molar-refractivity contribution in [3.63, 3.8) is 0 Å². The zero-order valence-electron chi connectivity index (χ0n) is 13.7. The molecular weight excluding hydrogens is 290 g/mol. The minimum Gasteiger partial charge on any atom is -0.256 e. The SMILES string of the molecule is CCc1cc(-c2ccccc2)ncc1-c1ccc2ccccc2c1. The second-order valence-electron chi connectivity index (χ2n) is 6.01. The molecule has 4 rings (SSSR count). The topological polar surface area (TPSA) is 12.9 Å². The molecule has 0 unspecified atom stereocenters. The van der Waals surface area contributed by atoms with Crippen molar-refractivity contribution < 1.29 is 0 Å². The number of nitrogens with zero attached hydrogens (tertiary/aromatic N) is 1. The Kier molecular flexibility index (Phi) is 3.84. The first-order chi connectivity index (χ1) is 11.8. The van der Waals surface area contributed by atoms with Gasteiger partial charge in [0.2, 0.25) is 0 Å². The van der Waals surface area contributed by atoms with E-state index in [2.05, 4.69) is 79.7 Å². The Morgan fingerprint density at radius 1 is 0.708 bits per heavy atom. The highest BCUT2D eigenvalue weighted by Gasteiger charge is 2.08. The van der Waals surface area contributed by atoms with Crippen LogP contribution in [0.2, 0.25) is 0 Å². The van der Waals surface area contributed by atoms with Gasteiger partial charge in [-0.05, 0) is 40.5 Å². The summed E-state index contributed by atoms with van der Waals surface area (Å²) in [6.07, 6.45) is 3.01. The highest BCUT2D eigenvalue weighted by Crippen LogP contribution is 2.29. The summed E-state index contributed by atoms with van der Waals surface area (Å²) in [7, 11) is 0. The third-order valence-corrected chi connectivity index (χ3v) is 4.50. The summed E-state index contributed by atoms with van der Waals surface area (Å²) >= 11 is 0. The number of benzene rings is 3. The van der Waals surface area contributed by atoms with Crippen LogP contribution in [0.25, 0.3) is 33.2 Å². The van der Waals surface area contributed by atoms with E-state index in [0.717, 1.165) is 17.7 Å².